The van der Waals surface area contributed by atoms with E-state index in [1.54, 1.807) is 26.0 Å². The minimum Gasteiger partial charge on any atom is -0.480 e. The van der Waals surface area contributed by atoms with Gasteiger partial charge in [0.05, 0.1) is 12.8 Å². The molecule has 0 bridgehead atoms. The van der Waals surface area contributed by atoms with Crippen LogP contribution in [0.4, 0.5) is 0 Å². The van der Waals surface area contributed by atoms with Crippen LogP contribution < -0.4 is 5.32 Å². The van der Waals surface area contributed by atoms with Gasteiger partial charge in [0, 0.05) is 0 Å². The molecule has 0 aliphatic rings. The summed E-state index contributed by atoms with van der Waals surface area (Å²) in [6.07, 6.45) is 1.50. The zero-order valence-corrected chi connectivity index (χ0v) is 10.0. The molecule has 0 spiro atoms. The SMILES string of the molecule is CC(C)(NCc1noc(-c2ccco2)n1)C(=O)O. The summed E-state index contributed by atoms with van der Waals surface area (Å²) in [7, 11) is 0. The maximum Gasteiger partial charge on any atom is 0.323 e. The number of carboxylic acids is 1. The predicted molar refractivity (Wildman–Crippen MR) is 60.6 cm³/mol. The molecule has 2 aromatic heterocycles. The van der Waals surface area contributed by atoms with Crippen molar-refractivity contribution in [2.24, 2.45) is 0 Å². The van der Waals surface area contributed by atoms with Crippen molar-refractivity contribution in [1.82, 2.24) is 15.5 Å². The standard InChI is InChI=1S/C11H13N3O4/c1-11(2,10(15)16)12-6-8-13-9(18-14-8)7-4-3-5-17-7/h3-5,12H,6H2,1-2H3,(H,15,16). The van der Waals surface area contributed by atoms with Crippen LogP contribution in [0.5, 0.6) is 0 Å². The molecule has 0 amide bonds. The van der Waals surface area contributed by atoms with Crippen molar-refractivity contribution in [3.63, 3.8) is 0 Å². The van der Waals surface area contributed by atoms with Gasteiger partial charge < -0.3 is 14.0 Å². The van der Waals surface area contributed by atoms with E-state index in [0.717, 1.165) is 0 Å². The molecule has 0 fully saturated rings. The molecule has 2 heterocycles. The van der Waals surface area contributed by atoms with Gasteiger partial charge in [0.15, 0.2) is 11.6 Å². The first kappa shape index (κ1) is 12.3. The van der Waals surface area contributed by atoms with Gasteiger partial charge in [-0.25, -0.2) is 0 Å². The Morgan fingerprint density at radius 2 is 2.33 bits per heavy atom. The molecule has 0 aliphatic heterocycles. The van der Waals surface area contributed by atoms with E-state index in [1.807, 2.05) is 0 Å². The Kier molecular flexibility index (Phi) is 3.15. The van der Waals surface area contributed by atoms with E-state index >= 15 is 0 Å². The van der Waals surface area contributed by atoms with Gasteiger partial charge in [0.25, 0.3) is 5.89 Å². The van der Waals surface area contributed by atoms with Crippen LogP contribution in [0.25, 0.3) is 11.7 Å². The number of nitrogens with one attached hydrogen (secondary N) is 1. The van der Waals surface area contributed by atoms with Crippen LogP contribution in [0.3, 0.4) is 0 Å². The van der Waals surface area contributed by atoms with Crippen LogP contribution in [0, 0.1) is 0 Å². The third-order valence-electron chi connectivity index (χ3n) is 2.42. The molecule has 0 saturated heterocycles. The number of aliphatic carboxylic acids is 1. The highest BCUT2D eigenvalue weighted by molar-refractivity contribution is 5.77. The smallest absolute Gasteiger partial charge is 0.323 e. The minimum atomic E-state index is -1.05. The Balaban J connectivity index is 2.02. The van der Waals surface area contributed by atoms with Gasteiger partial charge in [-0.2, -0.15) is 4.98 Å². The Bertz CT molecular complexity index is 530. The number of furan rings is 1. The lowest BCUT2D eigenvalue weighted by Crippen LogP contribution is -2.46. The Hall–Kier alpha value is -2.15. The molecule has 0 radical (unpaired) electrons. The summed E-state index contributed by atoms with van der Waals surface area (Å²) in [6.45, 7) is 3.31. The highest BCUT2D eigenvalue weighted by atomic mass is 16.5. The van der Waals surface area contributed by atoms with E-state index in [2.05, 4.69) is 15.5 Å². The summed E-state index contributed by atoms with van der Waals surface area (Å²) in [5.41, 5.74) is -1.05. The van der Waals surface area contributed by atoms with E-state index in [1.165, 1.54) is 6.26 Å². The first-order valence-electron chi connectivity index (χ1n) is 5.34. The quantitative estimate of drug-likeness (QED) is 0.825. The molecular formula is C11H13N3O4. The molecule has 0 aliphatic carbocycles. The van der Waals surface area contributed by atoms with Gasteiger partial charge in [-0.05, 0) is 26.0 Å². The topological polar surface area (TPSA) is 101 Å². The lowest BCUT2D eigenvalue weighted by molar-refractivity contribution is -0.143. The van der Waals surface area contributed by atoms with Crippen LogP contribution in [-0.4, -0.2) is 26.8 Å². The molecule has 7 nitrogen and oxygen atoms in total. The predicted octanol–water partition coefficient (Wildman–Crippen LogP) is 1.28. The highest BCUT2D eigenvalue weighted by Crippen LogP contribution is 2.17. The van der Waals surface area contributed by atoms with Crippen molar-refractivity contribution in [3.8, 4) is 11.7 Å². The fraction of sp³-hybridized carbons (Fsp3) is 0.364. The monoisotopic (exact) mass is 251 g/mol. The van der Waals surface area contributed by atoms with Crippen LogP contribution in [0.15, 0.2) is 27.3 Å². The summed E-state index contributed by atoms with van der Waals surface area (Å²) < 4.78 is 10.1. The summed E-state index contributed by atoms with van der Waals surface area (Å²) in [5, 5.41) is 15.5. The lowest BCUT2D eigenvalue weighted by atomic mass is 10.1. The molecule has 7 heteroatoms. The van der Waals surface area contributed by atoms with E-state index < -0.39 is 11.5 Å². The normalized spacial score (nSPS) is 11.7. The van der Waals surface area contributed by atoms with Gasteiger partial charge in [-0.3, -0.25) is 10.1 Å². The summed E-state index contributed by atoms with van der Waals surface area (Å²) in [6, 6.07) is 3.41. The van der Waals surface area contributed by atoms with Crippen molar-refractivity contribution in [1.29, 1.82) is 0 Å². The van der Waals surface area contributed by atoms with Crippen LogP contribution >= 0.6 is 0 Å². The third-order valence-corrected chi connectivity index (χ3v) is 2.42. The van der Waals surface area contributed by atoms with E-state index in [-0.39, 0.29) is 12.4 Å². The first-order valence-corrected chi connectivity index (χ1v) is 5.34. The number of aromatic nitrogens is 2. The number of carboxylic acid groups (broad SMARTS) is 1. The average Bonchev–Trinajstić information content (AvgIpc) is 2.97. The maximum atomic E-state index is 10.9. The zero-order valence-electron chi connectivity index (χ0n) is 10.0. The second-order valence-corrected chi connectivity index (χ2v) is 4.28. The van der Waals surface area contributed by atoms with Crippen LogP contribution in [-0.2, 0) is 11.3 Å². The number of rotatable bonds is 5. The number of carbonyl (C=O) groups is 1. The minimum absolute atomic E-state index is 0.198. The van der Waals surface area contributed by atoms with Gasteiger partial charge in [-0.1, -0.05) is 5.16 Å². The van der Waals surface area contributed by atoms with Gasteiger partial charge >= 0.3 is 5.97 Å². The molecule has 18 heavy (non-hydrogen) atoms. The number of nitrogens with zero attached hydrogens (tertiary/aromatic N) is 2. The maximum absolute atomic E-state index is 10.9. The molecule has 96 valence electrons. The third kappa shape index (κ3) is 2.57. The summed E-state index contributed by atoms with van der Waals surface area (Å²) in [5.74, 6) is 0.171. The van der Waals surface area contributed by atoms with Crippen molar-refractivity contribution in [2.45, 2.75) is 25.9 Å². The largest absolute Gasteiger partial charge is 0.480 e. The fourth-order valence-corrected chi connectivity index (χ4v) is 1.20. The van der Waals surface area contributed by atoms with Crippen molar-refractivity contribution < 1.29 is 18.8 Å². The Labute approximate surface area is 103 Å². The summed E-state index contributed by atoms with van der Waals surface area (Å²) in [4.78, 5) is 15.0. The zero-order chi connectivity index (χ0) is 13.2. The first-order chi connectivity index (χ1) is 8.49. The Morgan fingerprint density at radius 3 is 2.94 bits per heavy atom. The van der Waals surface area contributed by atoms with Crippen LogP contribution in [0.2, 0.25) is 0 Å². The molecule has 0 aromatic carbocycles. The fourth-order valence-electron chi connectivity index (χ4n) is 1.20. The van der Waals surface area contributed by atoms with Crippen molar-refractivity contribution in [2.75, 3.05) is 0 Å². The second-order valence-electron chi connectivity index (χ2n) is 4.28. The molecule has 0 saturated carbocycles. The summed E-state index contributed by atoms with van der Waals surface area (Å²) >= 11 is 0. The molecule has 2 rings (SSSR count). The van der Waals surface area contributed by atoms with E-state index in [0.29, 0.717) is 11.6 Å². The van der Waals surface area contributed by atoms with Gasteiger partial charge in [0.2, 0.25) is 0 Å². The average molecular weight is 251 g/mol. The van der Waals surface area contributed by atoms with Gasteiger partial charge in [0.1, 0.15) is 5.54 Å². The van der Waals surface area contributed by atoms with Crippen molar-refractivity contribution in [3.05, 3.63) is 24.2 Å². The number of hydrogen-bond acceptors (Lipinski definition) is 6. The lowest BCUT2D eigenvalue weighted by Gasteiger charge is -2.19. The molecule has 2 N–H and O–H groups in total. The van der Waals surface area contributed by atoms with Gasteiger partial charge in [-0.15, -0.1) is 0 Å². The second kappa shape index (κ2) is 4.61. The number of hydrogen-bond donors (Lipinski definition) is 2. The highest BCUT2D eigenvalue weighted by Gasteiger charge is 2.26. The Morgan fingerprint density at radius 1 is 1.56 bits per heavy atom. The van der Waals surface area contributed by atoms with E-state index in [9.17, 15) is 4.79 Å². The van der Waals surface area contributed by atoms with Crippen molar-refractivity contribution >= 4 is 5.97 Å². The van der Waals surface area contributed by atoms with Crippen LogP contribution in [0.1, 0.15) is 19.7 Å². The van der Waals surface area contributed by atoms with E-state index in [4.69, 9.17) is 14.0 Å². The molecule has 0 atom stereocenters. The molecule has 0 unspecified atom stereocenters. The molecular weight excluding hydrogens is 238 g/mol. The molecule has 2 aromatic rings.